The Kier molecular flexibility index (Phi) is 5.14. The molecule has 0 saturated heterocycles. The van der Waals surface area contributed by atoms with Gasteiger partial charge in [0.05, 0.1) is 5.56 Å². The number of halogens is 3. The minimum atomic E-state index is -5.84. The molecule has 0 radical (unpaired) electrons. The van der Waals surface area contributed by atoms with E-state index >= 15 is 0 Å². The normalized spacial score (nSPS) is 12.2. The summed E-state index contributed by atoms with van der Waals surface area (Å²) < 4.78 is 79.7. The van der Waals surface area contributed by atoms with Crippen LogP contribution in [0.15, 0.2) is 37.9 Å². The number of ether oxygens (including phenoxy) is 1. The zero-order valence-electron chi connectivity index (χ0n) is 15.6. The lowest BCUT2D eigenvalue weighted by Gasteiger charge is -2.10. The number of furan rings is 1. The van der Waals surface area contributed by atoms with Crippen LogP contribution in [0, 0.1) is 13.8 Å². The molecule has 0 amide bonds. The van der Waals surface area contributed by atoms with Gasteiger partial charge < -0.3 is 17.8 Å². The predicted octanol–water partition coefficient (Wildman–Crippen LogP) is 3.82. The second-order valence-electron chi connectivity index (χ2n) is 6.18. The van der Waals surface area contributed by atoms with Crippen LogP contribution in [0.1, 0.15) is 18.1 Å². The van der Waals surface area contributed by atoms with E-state index in [0.29, 0.717) is 0 Å². The number of rotatable bonds is 4. The van der Waals surface area contributed by atoms with Crippen LogP contribution in [0.2, 0.25) is 0 Å². The Labute approximate surface area is 166 Å². The van der Waals surface area contributed by atoms with Crippen LogP contribution in [0.3, 0.4) is 0 Å². The Morgan fingerprint density at radius 2 is 1.73 bits per heavy atom. The largest absolute Gasteiger partial charge is 0.534 e. The Balaban J connectivity index is 2.08. The minimum absolute atomic E-state index is 0.00355. The van der Waals surface area contributed by atoms with Gasteiger partial charge in [-0.3, -0.25) is 4.79 Å². The molecule has 2 aromatic heterocycles. The van der Waals surface area contributed by atoms with Crippen LogP contribution in [-0.2, 0) is 14.9 Å². The van der Waals surface area contributed by atoms with E-state index < -0.39 is 33.0 Å². The molecule has 0 aliphatic rings. The highest BCUT2D eigenvalue weighted by atomic mass is 32.2. The van der Waals surface area contributed by atoms with E-state index in [2.05, 4.69) is 4.18 Å². The summed E-state index contributed by atoms with van der Waals surface area (Å²) in [6, 6.07) is 4.48. The summed E-state index contributed by atoms with van der Waals surface area (Å²) in [5.74, 6) is -1.31. The third-order valence-corrected chi connectivity index (χ3v) is 4.95. The van der Waals surface area contributed by atoms with Crippen molar-refractivity contribution in [2.24, 2.45) is 0 Å². The fourth-order valence-electron chi connectivity index (χ4n) is 2.61. The molecular weight excluding hydrogens is 433 g/mol. The average molecular weight is 446 g/mol. The van der Waals surface area contributed by atoms with E-state index in [1.807, 2.05) is 0 Å². The van der Waals surface area contributed by atoms with Crippen molar-refractivity contribution in [1.29, 1.82) is 0 Å². The van der Waals surface area contributed by atoms with E-state index in [1.54, 1.807) is 0 Å². The Morgan fingerprint density at radius 1 is 1.07 bits per heavy atom. The van der Waals surface area contributed by atoms with Gasteiger partial charge in [-0.1, -0.05) is 0 Å². The summed E-state index contributed by atoms with van der Waals surface area (Å²) >= 11 is 0. The van der Waals surface area contributed by atoms with Crippen molar-refractivity contribution in [3.63, 3.8) is 0 Å². The minimum Gasteiger partial charge on any atom is -0.453 e. The van der Waals surface area contributed by atoms with Crippen LogP contribution in [0.4, 0.5) is 13.2 Å². The van der Waals surface area contributed by atoms with Gasteiger partial charge in [0.2, 0.25) is 0 Å². The van der Waals surface area contributed by atoms with Gasteiger partial charge in [0.15, 0.2) is 11.5 Å². The number of carbonyl (C=O) groups is 1. The van der Waals surface area contributed by atoms with E-state index in [0.717, 1.165) is 19.1 Å². The molecular formula is C18H13F3O8S. The van der Waals surface area contributed by atoms with Gasteiger partial charge in [-0.15, -0.1) is 0 Å². The van der Waals surface area contributed by atoms with E-state index in [1.165, 1.54) is 26.0 Å². The van der Waals surface area contributed by atoms with Gasteiger partial charge in [0, 0.05) is 17.9 Å². The highest BCUT2D eigenvalue weighted by Crippen LogP contribution is 2.36. The highest BCUT2D eigenvalue weighted by molar-refractivity contribution is 7.88. The maximum atomic E-state index is 12.5. The summed E-state index contributed by atoms with van der Waals surface area (Å²) in [7, 11) is -5.84. The average Bonchev–Trinajstić information content (AvgIpc) is 3.03. The standard InChI is InChI=1S/C18H13F3O8S/c1-8-15(26-10(3)22)9(2)17(23)28-16(8)14-7-11-6-12(4-5-13(11)27-14)29-30(24,25)18(19,20)21/h4-7H,1-3H3. The topological polar surface area (TPSA) is 113 Å². The van der Waals surface area contributed by atoms with Gasteiger partial charge in [-0.2, -0.15) is 21.6 Å². The maximum Gasteiger partial charge on any atom is 0.534 e. The lowest BCUT2D eigenvalue weighted by atomic mass is 10.1. The van der Waals surface area contributed by atoms with Crippen molar-refractivity contribution >= 4 is 27.1 Å². The quantitative estimate of drug-likeness (QED) is 0.338. The fourth-order valence-corrected chi connectivity index (χ4v) is 3.07. The molecule has 3 aromatic rings. The summed E-state index contributed by atoms with van der Waals surface area (Å²) in [6.45, 7) is 4.08. The predicted molar refractivity (Wildman–Crippen MR) is 96.6 cm³/mol. The second kappa shape index (κ2) is 7.20. The first-order chi connectivity index (χ1) is 13.8. The van der Waals surface area contributed by atoms with Crippen molar-refractivity contribution in [2.45, 2.75) is 26.3 Å². The van der Waals surface area contributed by atoms with E-state index in [-0.39, 0.29) is 39.4 Å². The lowest BCUT2D eigenvalue weighted by molar-refractivity contribution is -0.132. The molecule has 1 aromatic carbocycles. The van der Waals surface area contributed by atoms with Crippen molar-refractivity contribution in [3.8, 4) is 23.0 Å². The summed E-state index contributed by atoms with van der Waals surface area (Å²) in [6.07, 6.45) is 0. The van der Waals surface area contributed by atoms with Crippen LogP contribution in [0.5, 0.6) is 11.5 Å². The molecule has 0 saturated carbocycles. The number of fused-ring (bicyclic) bond motifs is 1. The molecule has 0 aliphatic heterocycles. The third kappa shape index (κ3) is 3.90. The summed E-state index contributed by atoms with van der Waals surface area (Å²) in [4.78, 5) is 23.4. The molecule has 160 valence electrons. The lowest BCUT2D eigenvalue weighted by Crippen LogP contribution is -2.27. The van der Waals surface area contributed by atoms with E-state index in [9.17, 15) is 31.2 Å². The molecule has 2 heterocycles. The molecule has 0 bridgehead atoms. The third-order valence-electron chi connectivity index (χ3n) is 3.97. The molecule has 0 unspecified atom stereocenters. The zero-order valence-corrected chi connectivity index (χ0v) is 16.4. The molecule has 30 heavy (non-hydrogen) atoms. The first kappa shape index (κ1) is 21.4. The van der Waals surface area contributed by atoms with E-state index in [4.69, 9.17) is 13.6 Å². The monoisotopic (exact) mass is 446 g/mol. The molecule has 0 N–H and O–H groups in total. The molecule has 0 fully saturated rings. The highest BCUT2D eigenvalue weighted by Gasteiger charge is 2.48. The zero-order chi connectivity index (χ0) is 22.4. The first-order valence-electron chi connectivity index (χ1n) is 8.17. The van der Waals surface area contributed by atoms with Gasteiger partial charge >= 0.3 is 27.2 Å². The van der Waals surface area contributed by atoms with Gasteiger partial charge in [-0.25, -0.2) is 4.79 Å². The van der Waals surface area contributed by atoms with Crippen molar-refractivity contribution in [2.75, 3.05) is 0 Å². The molecule has 8 nitrogen and oxygen atoms in total. The smallest absolute Gasteiger partial charge is 0.453 e. The van der Waals surface area contributed by atoms with Crippen LogP contribution < -0.4 is 14.5 Å². The fraction of sp³-hybridized carbons (Fsp3) is 0.222. The molecule has 12 heteroatoms. The van der Waals surface area contributed by atoms with Crippen molar-refractivity contribution < 1.29 is 44.1 Å². The summed E-state index contributed by atoms with van der Waals surface area (Å²) in [5, 5.41) is 0.177. The number of hydrogen-bond acceptors (Lipinski definition) is 8. The van der Waals surface area contributed by atoms with Crippen molar-refractivity contribution in [3.05, 3.63) is 45.8 Å². The number of esters is 1. The van der Waals surface area contributed by atoms with Crippen molar-refractivity contribution in [1.82, 2.24) is 0 Å². The van der Waals surface area contributed by atoms with Gasteiger partial charge in [0.1, 0.15) is 17.1 Å². The molecule has 0 aliphatic carbocycles. The van der Waals surface area contributed by atoms with Crippen LogP contribution in [0.25, 0.3) is 22.5 Å². The van der Waals surface area contributed by atoms with Gasteiger partial charge in [0.25, 0.3) is 0 Å². The molecule has 0 atom stereocenters. The number of hydrogen-bond donors (Lipinski definition) is 0. The molecule has 0 spiro atoms. The maximum absolute atomic E-state index is 12.5. The van der Waals surface area contributed by atoms with Crippen LogP contribution >= 0.6 is 0 Å². The number of benzene rings is 1. The number of carbonyl (C=O) groups excluding carboxylic acids is 1. The summed E-state index contributed by atoms with van der Waals surface area (Å²) in [5.41, 5.74) is -5.88. The Morgan fingerprint density at radius 3 is 2.33 bits per heavy atom. The first-order valence-corrected chi connectivity index (χ1v) is 9.58. The number of alkyl halides is 3. The van der Waals surface area contributed by atoms with Gasteiger partial charge in [-0.05, 0) is 38.1 Å². The Bertz CT molecular complexity index is 1320. The molecule has 3 rings (SSSR count). The SMILES string of the molecule is CC(=O)Oc1c(C)c(-c2cc3cc(OS(=O)(=O)C(F)(F)F)ccc3o2)oc(=O)c1C. The Hall–Kier alpha value is -3.28. The van der Waals surface area contributed by atoms with Crippen LogP contribution in [-0.4, -0.2) is 19.9 Å². The second-order valence-corrected chi connectivity index (χ2v) is 7.72.